The summed E-state index contributed by atoms with van der Waals surface area (Å²) in [6.45, 7) is 4.76. The molecule has 0 spiro atoms. The average Bonchev–Trinajstić information content (AvgIpc) is 3.07. The minimum atomic E-state index is -0.856. The predicted octanol–water partition coefficient (Wildman–Crippen LogP) is 4.19. The number of aromatic hydroxyl groups is 1. The first-order valence-electron chi connectivity index (χ1n) is 15.3. The minimum absolute atomic E-state index is 0.0766. The Hall–Kier alpha value is -5.48. The molecule has 1 aromatic heterocycles. The summed E-state index contributed by atoms with van der Waals surface area (Å²) in [5, 5.41) is 16.1. The van der Waals surface area contributed by atoms with Gasteiger partial charge in [-0.1, -0.05) is 72.8 Å². The lowest BCUT2D eigenvalue weighted by Gasteiger charge is -2.55. The lowest BCUT2D eigenvalue weighted by molar-refractivity contribution is -0.189. The molecule has 4 aromatic rings. The van der Waals surface area contributed by atoms with Gasteiger partial charge in [0, 0.05) is 37.8 Å². The average molecular weight is 617 g/mol. The molecule has 10 heteroatoms. The molecule has 234 valence electrons. The molecule has 4 amide bonds. The quantitative estimate of drug-likeness (QED) is 0.273. The number of aromatic nitrogens is 1. The molecule has 0 unspecified atom stereocenters. The van der Waals surface area contributed by atoms with Crippen LogP contribution < -0.4 is 5.32 Å². The van der Waals surface area contributed by atoms with Crippen molar-refractivity contribution in [2.75, 3.05) is 19.6 Å². The van der Waals surface area contributed by atoms with Crippen LogP contribution in [0.15, 0.2) is 116 Å². The number of hydrazine groups is 1. The van der Waals surface area contributed by atoms with Crippen LogP contribution in [0.4, 0.5) is 4.79 Å². The molecular weight excluding hydrogens is 580 g/mol. The number of phenols is 1. The zero-order valence-corrected chi connectivity index (χ0v) is 25.4. The molecule has 3 aromatic carbocycles. The molecular formula is C36H36N6O4. The van der Waals surface area contributed by atoms with Gasteiger partial charge in [-0.25, -0.2) is 14.8 Å². The first kappa shape index (κ1) is 30.5. The zero-order valence-electron chi connectivity index (χ0n) is 25.4. The van der Waals surface area contributed by atoms with Crippen LogP contribution in [0.1, 0.15) is 16.7 Å². The molecule has 2 aliphatic rings. The Labute approximate surface area is 268 Å². The van der Waals surface area contributed by atoms with Crippen molar-refractivity contribution in [2.24, 2.45) is 0 Å². The molecule has 0 saturated carbocycles. The second-order valence-corrected chi connectivity index (χ2v) is 11.4. The van der Waals surface area contributed by atoms with Gasteiger partial charge in [0.05, 0.1) is 18.8 Å². The summed E-state index contributed by atoms with van der Waals surface area (Å²) in [5.41, 5.74) is 4.38. The van der Waals surface area contributed by atoms with Crippen molar-refractivity contribution in [3.8, 4) is 17.0 Å². The van der Waals surface area contributed by atoms with E-state index < -0.39 is 12.2 Å². The van der Waals surface area contributed by atoms with E-state index in [0.29, 0.717) is 6.54 Å². The van der Waals surface area contributed by atoms with Gasteiger partial charge in [0.1, 0.15) is 18.0 Å². The molecule has 0 bridgehead atoms. The molecule has 6 rings (SSSR count). The highest BCUT2D eigenvalue weighted by molar-refractivity contribution is 5.91. The number of hydrogen-bond donors (Lipinski definition) is 2. The van der Waals surface area contributed by atoms with Gasteiger partial charge in [0.15, 0.2) is 0 Å². The van der Waals surface area contributed by atoms with Crippen LogP contribution in [-0.2, 0) is 29.1 Å². The molecule has 2 N–H and O–H groups in total. The van der Waals surface area contributed by atoms with E-state index in [0.717, 1.165) is 27.9 Å². The first-order chi connectivity index (χ1) is 22.4. The number of nitrogens with one attached hydrogen (secondary N) is 1. The minimum Gasteiger partial charge on any atom is -0.508 e. The standard InChI is InChI=1S/C36H36N6O4/c1-2-19-40-25-34(44)41-32(21-26-14-16-30(43)17-15-26)35(45)39(23-28-11-8-12-29(20-28)31-13-6-7-18-37-31)24-33(41)42(40)36(46)38-22-27-9-4-3-5-10-27/h2-18,20,32-33,43H,1,19,21-25H2,(H,38,46)/t32-,33-/m0/s1. The summed E-state index contributed by atoms with van der Waals surface area (Å²) in [4.78, 5) is 49.8. The van der Waals surface area contributed by atoms with E-state index in [9.17, 15) is 19.5 Å². The monoisotopic (exact) mass is 616 g/mol. The summed E-state index contributed by atoms with van der Waals surface area (Å²) in [7, 11) is 0. The molecule has 2 aliphatic heterocycles. The number of pyridine rings is 1. The van der Waals surface area contributed by atoms with E-state index in [1.807, 2.05) is 72.8 Å². The lowest BCUT2D eigenvalue weighted by Crippen LogP contribution is -2.76. The third-order valence-corrected chi connectivity index (χ3v) is 8.29. The normalized spacial score (nSPS) is 18.3. The zero-order chi connectivity index (χ0) is 32.0. The van der Waals surface area contributed by atoms with Gasteiger partial charge in [-0.2, -0.15) is 0 Å². The molecule has 0 radical (unpaired) electrons. The topological polar surface area (TPSA) is 109 Å². The van der Waals surface area contributed by atoms with Crippen molar-refractivity contribution in [1.29, 1.82) is 0 Å². The van der Waals surface area contributed by atoms with Crippen LogP contribution in [0.3, 0.4) is 0 Å². The molecule has 10 nitrogen and oxygen atoms in total. The molecule has 2 saturated heterocycles. The van der Waals surface area contributed by atoms with Gasteiger partial charge in [-0.15, -0.1) is 6.58 Å². The van der Waals surface area contributed by atoms with Gasteiger partial charge in [-0.05, 0) is 47.0 Å². The number of urea groups is 1. The largest absolute Gasteiger partial charge is 0.508 e. The number of benzene rings is 3. The van der Waals surface area contributed by atoms with E-state index in [-0.39, 0.29) is 56.2 Å². The van der Waals surface area contributed by atoms with Crippen molar-refractivity contribution < 1.29 is 19.5 Å². The van der Waals surface area contributed by atoms with E-state index >= 15 is 0 Å². The molecule has 3 heterocycles. The van der Waals surface area contributed by atoms with E-state index in [2.05, 4.69) is 16.9 Å². The van der Waals surface area contributed by atoms with Gasteiger partial charge in [-0.3, -0.25) is 14.6 Å². The van der Waals surface area contributed by atoms with E-state index in [4.69, 9.17) is 0 Å². The third kappa shape index (κ3) is 6.62. The van der Waals surface area contributed by atoms with Crippen molar-refractivity contribution in [3.63, 3.8) is 0 Å². The fourth-order valence-corrected chi connectivity index (χ4v) is 6.14. The highest BCUT2D eigenvalue weighted by Crippen LogP contribution is 2.30. The van der Waals surface area contributed by atoms with Crippen molar-refractivity contribution in [2.45, 2.75) is 31.7 Å². The molecule has 46 heavy (non-hydrogen) atoms. The highest BCUT2D eigenvalue weighted by Gasteiger charge is 2.51. The number of carbonyl (C=O) groups excluding carboxylic acids is 3. The summed E-state index contributed by atoms with van der Waals surface area (Å²) in [5.74, 6) is -0.336. The first-order valence-corrected chi connectivity index (χ1v) is 15.3. The SMILES string of the molecule is C=CCN1CC(=O)N2[C@@H](Cc3ccc(O)cc3)C(=O)N(Cc3cccc(-c4ccccn4)c3)C[C@@H]2N1C(=O)NCc1ccccc1. The van der Waals surface area contributed by atoms with Crippen molar-refractivity contribution in [3.05, 3.63) is 133 Å². The number of rotatable bonds is 9. The van der Waals surface area contributed by atoms with Crippen molar-refractivity contribution >= 4 is 17.8 Å². The summed E-state index contributed by atoms with van der Waals surface area (Å²) in [6.07, 6.45) is 2.87. The predicted molar refractivity (Wildman–Crippen MR) is 174 cm³/mol. The summed E-state index contributed by atoms with van der Waals surface area (Å²) >= 11 is 0. The molecule has 0 aliphatic carbocycles. The summed E-state index contributed by atoms with van der Waals surface area (Å²) in [6, 6.07) is 28.6. The van der Waals surface area contributed by atoms with E-state index in [1.165, 1.54) is 0 Å². The summed E-state index contributed by atoms with van der Waals surface area (Å²) < 4.78 is 0. The fraction of sp³-hybridized carbons (Fsp3) is 0.222. The van der Waals surface area contributed by atoms with Gasteiger partial charge >= 0.3 is 6.03 Å². The van der Waals surface area contributed by atoms with Crippen molar-refractivity contribution in [1.82, 2.24) is 30.1 Å². The van der Waals surface area contributed by atoms with Crippen LogP contribution >= 0.6 is 0 Å². The van der Waals surface area contributed by atoms with Crippen LogP contribution in [0.2, 0.25) is 0 Å². The maximum Gasteiger partial charge on any atom is 0.334 e. The fourth-order valence-electron chi connectivity index (χ4n) is 6.14. The van der Waals surface area contributed by atoms with Gasteiger partial charge in [0.2, 0.25) is 11.8 Å². The van der Waals surface area contributed by atoms with E-state index in [1.54, 1.807) is 56.4 Å². The second-order valence-electron chi connectivity index (χ2n) is 11.4. The molecule has 2 fully saturated rings. The number of fused-ring (bicyclic) bond motifs is 1. The Balaban J connectivity index is 1.34. The van der Waals surface area contributed by atoms with Crippen LogP contribution in [-0.4, -0.2) is 79.6 Å². The maximum absolute atomic E-state index is 14.3. The Morgan fingerprint density at radius 1 is 0.935 bits per heavy atom. The number of hydrogen-bond acceptors (Lipinski definition) is 6. The number of amides is 4. The Kier molecular flexibility index (Phi) is 9.07. The highest BCUT2D eigenvalue weighted by atomic mass is 16.3. The van der Waals surface area contributed by atoms with Crippen LogP contribution in [0.25, 0.3) is 11.3 Å². The third-order valence-electron chi connectivity index (χ3n) is 8.29. The molecule has 2 atom stereocenters. The second kappa shape index (κ2) is 13.7. The number of phenolic OH excluding ortho intramolecular Hbond substituents is 1. The van der Waals surface area contributed by atoms with Gasteiger partial charge in [0.25, 0.3) is 0 Å². The van der Waals surface area contributed by atoms with Gasteiger partial charge < -0.3 is 20.2 Å². The number of nitrogens with zero attached hydrogens (tertiary/aromatic N) is 5. The number of piperazine rings is 1. The number of carbonyl (C=O) groups is 3. The maximum atomic E-state index is 14.3. The smallest absolute Gasteiger partial charge is 0.334 e. The Morgan fingerprint density at radius 3 is 2.43 bits per heavy atom. The lowest BCUT2D eigenvalue weighted by atomic mass is 9.98. The van der Waals surface area contributed by atoms with Crippen LogP contribution in [0, 0.1) is 0 Å². The Bertz CT molecular complexity index is 1700. The van der Waals surface area contributed by atoms with Crippen LogP contribution in [0.5, 0.6) is 5.75 Å². The Morgan fingerprint density at radius 2 is 1.70 bits per heavy atom.